The van der Waals surface area contributed by atoms with Gasteiger partial charge < -0.3 is 9.64 Å². The highest BCUT2D eigenvalue weighted by molar-refractivity contribution is 9.10. The lowest BCUT2D eigenvalue weighted by molar-refractivity contribution is 0.157. The number of hydrogen-bond acceptors (Lipinski definition) is 3. The minimum Gasteiger partial charge on any atom is -0.448 e. The minimum atomic E-state index is -0.249. The Balaban J connectivity index is 2.10. The topological polar surface area (TPSA) is 42.4 Å². The number of pyridine rings is 1. The van der Waals surface area contributed by atoms with Gasteiger partial charge in [-0.05, 0) is 22.0 Å². The summed E-state index contributed by atoms with van der Waals surface area (Å²) in [4.78, 5) is 16.9. The summed E-state index contributed by atoms with van der Waals surface area (Å²) < 4.78 is 5.61. The number of aromatic nitrogens is 1. The predicted molar refractivity (Wildman–Crippen MR) is 53.7 cm³/mol. The average Bonchev–Trinajstić information content (AvgIpc) is 2.56. The molecule has 1 aromatic heterocycles. The first kappa shape index (κ1) is 9.45. The molecule has 1 saturated heterocycles. The lowest BCUT2D eigenvalue weighted by atomic mass is 10.3. The van der Waals surface area contributed by atoms with Crippen molar-refractivity contribution in [1.82, 2.24) is 9.88 Å². The van der Waals surface area contributed by atoms with Crippen molar-refractivity contribution in [2.45, 2.75) is 6.54 Å². The minimum absolute atomic E-state index is 0.249. The lowest BCUT2D eigenvalue weighted by Gasteiger charge is -2.12. The SMILES string of the molecule is O=C1OCCN1Cc1cccnc1Br. The molecule has 0 aliphatic carbocycles. The Morgan fingerprint density at radius 1 is 1.64 bits per heavy atom. The van der Waals surface area contributed by atoms with Gasteiger partial charge in [0.05, 0.1) is 13.1 Å². The third-order valence-electron chi connectivity index (χ3n) is 2.04. The first-order chi connectivity index (χ1) is 6.77. The molecule has 1 aromatic rings. The van der Waals surface area contributed by atoms with Crippen LogP contribution in [-0.4, -0.2) is 29.1 Å². The van der Waals surface area contributed by atoms with E-state index in [1.165, 1.54) is 0 Å². The smallest absolute Gasteiger partial charge is 0.410 e. The van der Waals surface area contributed by atoms with Gasteiger partial charge in [0.15, 0.2) is 0 Å². The van der Waals surface area contributed by atoms with Crippen LogP contribution in [0.15, 0.2) is 22.9 Å². The molecule has 2 heterocycles. The Morgan fingerprint density at radius 2 is 2.50 bits per heavy atom. The largest absolute Gasteiger partial charge is 0.448 e. The molecule has 1 amide bonds. The van der Waals surface area contributed by atoms with Gasteiger partial charge in [-0.3, -0.25) is 0 Å². The summed E-state index contributed by atoms with van der Waals surface area (Å²) in [5, 5.41) is 0. The molecule has 0 bridgehead atoms. The van der Waals surface area contributed by atoms with Gasteiger partial charge >= 0.3 is 6.09 Å². The molecule has 4 nitrogen and oxygen atoms in total. The van der Waals surface area contributed by atoms with Crippen molar-refractivity contribution in [2.75, 3.05) is 13.2 Å². The number of cyclic esters (lactones) is 1. The molecule has 0 N–H and O–H groups in total. The van der Waals surface area contributed by atoms with Crippen LogP contribution in [0.5, 0.6) is 0 Å². The summed E-state index contributed by atoms with van der Waals surface area (Å²) in [5.74, 6) is 0. The molecule has 0 radical (unpaired) electrons. The quantitative estimate of drug-likeness (QED) is 0.758. The van der Waals surface area contributed by atoms with E-state index in [2.05, 4.69) is 20.9 Å². The van der Waals surface area contributed by atoms with Crippen molar-refractivity contribution in [3.05, 3.63) is 28.5 Å². The van der Waals surface area contributed by atoms with E-state index in [1.807, 2.05) is 12.1 Å². The number of hydrogen-bond donors (Lipinski definition) is 0. The van der Waals surface area contributed by atoms with Gasteiger partial charge in [-0.1, -0.05) is 6.07 Å². The van der Waals surface area contributed by atoms with Crippen LogP contribution in [0, 0.1) is 0 Å². The molecule has 1 aliphatic heterocycles. The Bertz CT molecular complexity index is 356. The third-order valence-corrected chi connectivity index (χ3v) is 2.76. The van der Waals surface area contributed by atoms with E-state index in [9.17, 15) is 4.79 Å². The fourth-order valence-electron chi connectivity index (χ4n) is 1.31. The Morgan fingerprint density at radius 3 is 3.14 bits per heavy atom. The first-order valence-corrected chi connectivity index (χ1v) is 5.08. The van der Waals surface area contributed by atoms with Crippen molar-refractivity contribution in [3.63, 3.8) is 0 Å². The molecule has 0 saturated carbocycles. The zero-order valence-electron chi connectivity index (χ0n) is 7.44. The Hall–Kier alpha value is -1.10. The molecular formula is C9H9BrN2O2. The van der Waals surface area contributed by atoms with Crippen molar-refractivity contribution < 1.29 is 9.53 Å². The molecule has 5 heteroatoms. The van der Waals surface area contributed by atoms with Gasteiger partial charge in [-0.2, -0.15) is 0 Å². The van der Waals surface area contributed by atoms with Crippen LogP contribution in [0.1, 0.15) is 5.56 Å². The van der Waals surface area contributed by atoms with E-state index >= 15 is 0 Å². The van der Waals surface area contributed by atoms with Gasteiger partial charge in [0, 0.05) is 11.8 Å². The highest BCUT2D eigenvalue weighted by atomic mass is 79.9. The third kappa shape index (κ3) is 1.87. The molecule has 14 heavy (non-hydrogen) atoms. The molecule has 0 atom stereocenters. The molecule has 1 aliphatic rings. The average molecular weight is 257 g/mol. The second-order valence-corrected chi connectivity index (χ2v) is 3.74. The first-order valence-electron chi connectivity index (χ1n) is 4.28. The molecule has 74 valence electrons. The van der Waals surface area contributed by atoms with Crippen molar-refractivity contribution in [3.8, 4) is 0 Å². The van der Waals surface area contributed by atoms with E-state index in [0.717, 1.165) is 10.2 Å². The van der Waals surface area contributed by atoms with E-state index in [-0.39, 0.29) is 6.09 Å². The molecule has 0 spiro atoms. The normalized spacial score (nSPS) is 15.8. The van der Waals surface area contributed by atoms with Gasteiger partial charge in [0.2, 0.25) is 0 Å². The van der Waals surface area contributed by atoms with Crippen molar-refractivity contribution in [1.29, 1.82) is 0 Å². The molecule has 1 fully saturated rings. The maximum absolute atomic E-state index is 11.2. The van der Waals surface area contributed by atoms with Gasteiger partial charge in [0.25, 0.3) is 0 Å². The van der Waals surface area contributed by atoms with Gasteiger partial charge in [0.1, 0.15) is 11.2 Å². The monoisotopic (exact) mass is 256 g/mol. The van der Waals surface area contributed by atoms with Crippen LogP contribution in [0.25, 0.3) is 0 Å². The Labute approximate surface area is 90.0 Å². The maximum Gasteiger partial charge on any atom is 0.410 e. The number of carbonyl (C=O) groups is 1. The summed E-state index contributed by atoms with van der Waals surface area (Å²) in [5.41, 5.74) is 0.992. The molecule has 0 unspecified atom stereocenters. The van der Waals surface area contributed by atoms with Crippen molar-refractivity contribution >= 4 is 22.0 Å². The summed E-state index contributed by atoms with van der Waals surface area (Å²) in [6, 6.07) is 3.78. The van der Waals surface area contributed by atoms with E-state index in [0.29, 0.717) is 19.7 Å². The standard InChI is InChI=1S/C9H9BrN2O2/c10-8-7(2-1-3-11-8)6-12-4-5-14-9(12)13/h1-3H,4-6H2. The fraction of sp³-hybridized carbons (Fsp3) is 0.333. The fourth-order valence-corrected chi connectivity index (χ4v) is 1.69. The number of carbonyl (C=O) groups excluding carboxylic acids is 1. The van der Waals surface area contributed by atoms with Crippen molar-refractivity contribution in [2.24, 2.45) is 0 Å². The molecule has 2 rings (SSSR count). The van der Waals surface area contributed by atoms with Crippen LogP contribution in [-0.2, 0) is 11.3 Å². The summed E-state index contributed by atoms with van der Waals surface area (Å²) in [6.45, 7) is 1.68. The van der Waals surface area contributed by atoms with Crippen LogP contribution in [0.4, 0.5) is 4.79 Å². The number of nitrogens with zero attached hydrogens (tertiary/aromatic N) is 2. The highest BCUT2D eigenvalue weighted by Crippen LogP contribution is 2.16. The van der Waals surface area contributed by atoms with Crippen LogP contribution in [0.2, 0.25) is 0 Å². The number of ether oxygens (including phenoxy) is 1. The molecule has 0 aromatic carbocycles. The lowest BCUT2D eigenvalue weighted by Crippen LogP contribution is -2.23. The summed E-state index contributed by atoms with van der Waals surface area (Å²) >= 11 is 3.33. The second-order valence-electron chi connectivity index (χ2n) is 2.99. The van der Waals surface area contributed by atoms with E-state index in [4.69, 9.17) is 4.74 Å². The number of amides is 1. The highest BCUT2D eigenvalue weighted by Gasteiger charge is 2.22. The van der Waals surface area contributed by atoms with Crippen LogP contribution >= 0.6 is 15.9 Å². The predicted octanol–water partition coefficient (Wildman–Crippen LogP) is 1.80. The molecular weight excluding hydrogens is 248 g/mol. The number of rotatable bonds is 2. The second kappa shape index (κ2) is 3.96. The van der Waals surface area contributed by atoms with Crippen LogP contribution < -0.4 is 0 Å². The van der Waals surface area contributed by atoms with Gasteiger partial charge in [-0.25, -0.2) is 9.78 Å². The Kier molecular flexibility index (Phi) is 2.67. The van der Waals surface area contributed by atoms with Crippen LogP contribution in [0.3, 0.4) is 0 Å². The number of halogens is 1. The maximum atomic E-state index is 11.2. The summed E-state index contributed by atoms with van der Waals surface area (Å²) in [6.07, 6.45) is 1.45. The van der Waals surface area contributed by atoms with E-state index < -0.39 is 0 Å². The zero-order valence-corrected chi connectivity index (χ0v) is 9.03. The van der Waals surface area contributed by atoms with E-state index in [1.54, 1.807) is 11.1 Å². The summed E-state index contributed by atoms with van der Waals surface area (Å²) in [7, 11) is 0. The zero-order chi connectivity index (χ0) is 9.97. The van der Waals surface area contributed by atoms with Gasteiger partial charge in [-0.15, -0.1) is 0 Å².